The zero-order valence-corrected chi connectivity index (χ0v) is 8.75. The Morgan fingerprint density at radius 1 is 1.46 bits per heavy atom. The molecule has 0 aliphatic carbocycles. The number of ether oxygens (including phenoxy) is 2. The van der Waals surface area contributed by atoms with E-state index in [2.05, 4.69) is 17.1 Å². The lowest BCUT2D eigenvalue weighted by Crippen LogP contribution is -2.52. The number of piperazine rings is 1. The van der Waals surface area contributed by atoms with Crippen molar-refractivity contribution in [3.8, 4) is 0 Å². The molecule has 0 unspecified atom stereocenters. The van der Waals surface area contributed by atoms with Gasteiger partial charge in [0.05, 0.1) is 0 Å². The first-order valence-corrected chi connectivity index (χ1v) is 4.78. The summed E-state index contributed by atoms with van der Waals surface area (Å²) in [5.41, 5.74) is 0. The molecule has 1 rings (SSSR count). The fourth-order valence-corrected chi connectivity index (χ4v) is 1.59. The second-order valence-electron chi connectivity index (χ2n) is 3.45. The Morgan fingerprint density at radius 2 is 2.15 bits per heavy atom. The normalized spacial score (nSPS) is 25.4. The molecule has 1 N–H and O–H groups in total. The fraction of sp³-hybridized carbons (Fsp3) is 1.00. The molecule has 1 heterocycles. The van der Waals surface area contributed by atoms with Crippen LogP contribution in [0.15, 0.2) is 0 Å². The van der Waals surface area contributed by atoms with Gasteiger partial charge in [0.15, 0.2) is 6.29 Å². The molecule has 4 nitrogen and oxygen atoms in total. The zero-order valence-electron chi connectivity index (χ0n) is 8.75. The van der Waals surface area contributed by atoms with Crippen LogP contribution < -0.4 is 5.32 Å². The van der Waals surface area contributed by atoms with Gasteiger partial charge in [-0.15, -0.1) is 0 Å². The summed E-state index contributed by atoms with van der Waals surface area (Å²) in [5, 5.41) is 3.35. The van der Waals surface area contributed by atoms with Gasteiger partial charge in [-0.25, -0.2) is 0 Å². The van der Waals surface area contributed by atoms with Gasteiger partial charge in [-0.1, -0.05) is 0 Å². The third-order valence-electron chi connectivity index (χ3n) is 2.55. The lowest BCUT2D eigenvalue weighted by atomic mass is 10.2. The van der Waals surface area contributed by atoms with E-state index in [9.17, 15) is 0 Å². The Morgan fingerprint density at radius 3 is 2.69 bits per heavy atom. The highest BCUT2D eigenvalue weighted by atomic mass is 16.7. The minimum atomic E-state index is -0.0967. The summed E-state index contributed by atoms with van der Waals surface area (Å²) in [5.74, 6) is 0. The van der Waals surface area contributed by atoms with Gasteiger partial charge in [0.1, 0.15) is 0 Å². The van der Waals surface area contributed by atoms with Gasteiger partial charge < -0.3 is 14.8 Å². The molecular formula is C9H20N2O2. The fourth-order valence-electron chi connectivity index (χ4n) is 1.59. The molecule has 1 aliphatic heterocycles. The summed E-state index contributed by atoms with van der Waals surface area (Å²) < 4.78 is 10.3. The molecule has 78 valence electrons. The summed E-state index contributed by atoms with van der Waals surface area (Å²) in [6, 6.07) is 0.571. The monoisotopic (exact) mass is 188 g/mol. The third-order valence-corrected chi connectivity index (χ3v) is 2.55. The lowest BCUT2D eigenvalue weighted by Gasteiger charge is -2.35. The van der Waals surface area contributed by atoms with E-state index in [-0.39, 0.29) is 6.29 Å². The van der Waals surface area contributed by atoms with Crippen LogP contribution in [0.25, 0.3) is 0 Å². The smallest absolute Gasteiger partial charge is 0.169 e. The van der Waals surface area contributed by atoms with Gasteiger partial charge in [0.25, 0.3) is 0 Å². The maximum Gasteiger partial charge on any atom is 0.169 e. The molecule has 0 amide bonds. The van der Waals surface area contributed by atoms with Crippen LogP contribution in [0.3, 0.4) is 0 Å². The van der Waals surface area contributed by atoms with Gasteiger partial charge >= 0.3 is 0 Å². The quantitative estimate of drug-likeness (QED) is 0.625. The number of nitrogens with one attached hydrogen (secondary N) is 1. The molecule has 0 saturated carbocycles. The molecule has 1 saturated heterocycles. The number of rotatable bonds is 4. The maximum atomic E-state index is 5.17. The SMILES string of the molecule is COC(CN1CCNC[C@@H]1C)OC. The summed E-state index contributed by atoms with van der Waals surface area (Å²) in [6.07, 6.45) is -0.0967. The molecule has 0 radical (unpaired) electrons. The predicted octanol–water partition coefficient (Wildman–Crippen LogP) is -0.101. The Kier molecular flexibility index (Phi) is 4.66. The van der Waals surface area contributed by atoms with E-state index >= 15 is 0 Å². The van der Waals surface area contributed by atoms with Crippen molar-refractivity contribution in [3.63, 3.8) is 0 Å². The third kappa shape index (κ3) is 3.23. The van der Waals surface area contributed by atoms with Gasteiger partial charge in [-0.3, -0.25) is 4.90 Å². The standard InChI is InChI=1S/C9H20N2O2/c1-8-6-10-4-5-11(8)7-9(12-2)13-3/h8-10H,4-7H2,1-3H3/t8-/m0/s1. The average molecular weight is 188 g/mol. The molecule has 0 aromatic carbocycles. The zero-order chi connectivity index (χ0) is 9.68. The summed E-state index contributed by atoms with van der Waals surface area (Å²) in [6.45, 7) is 6.26. The van der Waals surface area contributed by atoms with Crippen molar-refractivity contribution < 1.29 is 9.47 Å². The number of methoxy groups -OCH3 is 2. The highest BCUT2D eigenvalue weighted by molar-refractivity contribution is 4.76. The Bertz CT molecular complexity index is 140. The van der Waals surface area contributed by atoms with Crippen molar-refractivity contribution >= 4 is 0 Å². The Balaban J connectivity index is 2.32. The van der Waals surface area contributed by atoms with E-state index < -0.39 is 0 Å². The first-order chi connectivity index (χ1) is 6.27. The van der Waals surface area contributed by atoms with E-state index in [1.807, 2.05) is 0 Å². The lowest BCUT2D eigenvalue weighted by molar-refractivity contribution is -0.121. The Hall–Kier alpha value is -0.160. The van der Waals surface area contributed by atoms with E-state index in [1.165, 1.54) is 0 Å². The largest absolute Gasteiger partial charge is 0.355 e. The second kappa shape index (κ2) is 5.54. The van der Waals surface area contributed by atoms with Crippen LogP contribution in [-0.4, -0.2) is 57.6 Å². The van der Waals surface area contributed by atoms with Crippen LogP contribution in [0.4, 0.5) is 0 Å². The highest BCUT2D eigenvalue weighted by Gasteiger charge is 2.20. The van der Waals surface area contributed by atoms with Crippen LogP contribution in [0, 0.1) is 0 Å². The highest BCUT2D eigenvalue weighted by Crippen LogP contribution is 2.05. The molecule has 0 aromatic rings. The van der Waals surface area contributed by atoms with E-state index in [4.69, 9.17) is 9.47 Å². The van der Waals surface area contributed by atoms with Crippen LogP contribution in [0.2, 0.25) is 0 Å². The first kappa shape index (κ1) is 10.9. The predicted molar refractivity (Wildman–Crippen MR) is 51.7 cm³/mol. The van der Waals surface area contributed by atoms with Crippen molar-refractivity contribution in [2.45, 2.75) is 19.3 Å². The summed E-state index contributed by atoms with van der Waals surface area (Å²) >= 11 is 0. The molecule has 1 fully saturated rings. The van der Waals surface area contributed by atoms with Crippen molar-refractivity contribution in [2.75, 3.05) is 40.4 Å². The molecule has 4 heteroatoms. The Labute approximate surface area is 80.2 Å². The van der Waals surface area contributed by atoms with Crippen molar-refractivity contribution in [2.24, 2.45) is 0 Å². The number of hydrogen-bond acceptors (Lipinski definition) is 4. The number of hydrogen-bond donors (Lipinski definition) is 1. The van der Waals surface area contributed by atoms with E-state index in [1.54, 1.807) is 14.2 Å². The average Bonchev–Trinajstić information content (AvgIpc) is 2.17. The summed E-state index contributed by atoms with van der Waals surface area (Å²) in [4.78, 5) is 2.38. The van der Waals surface area contributed by atoms with Crippen LogP contribution in [0.5, 0.6) is 0 Å². The molecule has 0 spiro atoms. The minimum Gasteiger partial charge on any atom is -0.355 e. The molecule has 0 aromatic heterocycles. The molecule has 13 heavy (non-hydrogen) atoms. The second-order valence-corrected chi connectivity index (χ2v) is 3.45. The van der Waals surface area contributed by atoms with E-state index in [0.717, 1.165) is 26.2 Å². The topological polar surface area (TPSA) is 33.7 Å². The first-order valence-electron chi connectivity index (χ1n) is 4.78. The van der Waals surface area contributed by atoms with Crippen LogP contribution in [0.1, 0.15) is 6.92 Å². The molecule has 1 aliphatic rings. The molecular weight excluding hydrogens is 168 g/mol. The van der Waals surface area contributed by atoms with Crippen LogP contribution in [-0.2, 0) is 9.47 Å². The number of nitrogens with zero attached hydrogens (tertiary/aromatic N) is 1. The molecule has 0 bridgehead atoms. The van der Waals surface area contributed by atoms with Crippen molar-refractivity contribution in [1.82, 2.24) is 10.2 Å². The molecule has 1 atom stereocenters. The van der Waals surface area contributed by atoms with Crippen molar-refractivity contribution in [1.29, 1.82) is 0 Å². The van der Waals surface area contributed by atoms with E-state index in [0.29, 0.717) is 6.04 Å². The summed E-state index contributed by atoms with van der Waals surface area (Å²) in [7, 11) is 3.36. The van der Waals surface area contributed by atoms with Crippen LogP contribution >= 0.6 is 0 Å². The van der Waals surface area contributed by atoms with Gasteiger partial charge in [0.2, 0.25) is 0 Å². The minimum absolute atomic E-state index is 0.0967. The van der Waals surface area contributed by atoms with Gasteiger partial charge in [0, 0.05) is 46.4 Å². The van der Waals surface area contributed by atoms with Crippen molar-refractivity contribution in [3.05, 3.63) is 0 Å². The maximum absolute atomic E-state index is 5.17. The van der Waals surface area contributed by atoms with Gasteiger partial charge in [-0.2, -0.15) is 0 Å². The van der Waals surface area contributed by atoms with Gasteiger partial charge in [-0.05, 0) is 6.92 Å².